The first kappa shape index (κ1) is 20.0. The van der Waals surface area contributed by atoms with E-state index in [9.17, 15) is 4.79 Å². The Labute approximate surface area is 169 Å². The summed E-state index contributed by atoms with van der Waals surface area (Å²) in [5, 5.41) is 6.05. The van der Waals surface area contributed by atoms with Gasteiger partial charge in [0.1, 0.15) is 11.6 Å². The maximum absolute atomic E-state index is 12.4. The van der Waals surface area contributed by atoms with Gasteiger partial charge in [-0.2, -0.15) is 0 Å². The van der Waals surface area contributed by atoms with Gasteiger partial charge in [0.05, 0.1) is 26.9 Å². The van der Waals surface area contributed by atoms with Gasteiger partial charge in [-0.15, -0.1) is 0 Å². The first-order valence-corrected chi connectivity index (χ1v) is 8.99. The third kappa shape index (κ3) is 5.16. The van der Waals surface area contributed by atoms with Crippen LogP contribution in [0.25, 0.3) is 0 Å². The molecule has 3 rings (SSSR count). The summed E-state index contributed by atoms with van der Waals surface area (Å²) in [5.74, 6) is 2.44. The zero-order valence-electron chi connectivity index (χ0n) is 16.6. The molecule has 3 aromatic rings. The summed E-state index contributed by atoms with van der Waals surface area (Å²) >= 11 is 0. The molecule has 1 amide bonds. The van der Waals surface area contributed by atoms with Crippen LogP contribution in [0.15, 0.2) is 60.8 Å². The number of benzene rings is 2. The minimum Gasteiger partial charge on any atom is -0.497 e. The average molecular weight is 393 g/mol. The van der Waals surface area contributed by atoms with Crippen molar-refractivity contribution in [3.8, 4) is 17.2 Å². The van der Waals surface area contributed by atoms with Crippen molar-refractivity contribution in [1.82, 2.24) is 10.3 Å². The van der Waals surface area contributed by atoms with E-state index < -0.39 is 0 Å². The molecule has 2 aromatic carbocycles. The van der Waals surface area contributed by atoms with E-state index in [2.05, 4.69) is 15.6 Å². The molecule has 7 heteroatoms. The molecule has 0 saturated heterocycles. The molecule has 29 heavy (non-hydrogen) atoms. The lowest BCUT2D eigenvalue weighted by atomic mass is 10.2. The predicted molar refractivity (Wildman–Crippen MR) is 111 cm³/mol. The standard InChI is InChI=1S/C22H23N3O4/c1-27-18-6-4-5-17(12-18)25-21-10-8-16(14-23-21)22(26)24-13-15-7-9-19(28-2)20(11-15)29-3/h4-12,14H,13H2,1-3H3,(H,23,25)(H,24,26). The molecule has 0 fully saturated rings. The first-order chi connectivity index (χ1) is 14.1. The number of rotatable bonds is 8. The van der Waals surface area contributed by atoms with Crippen molar-refractivity contribution in [3.63, 3.8) is 0 Å². The lowest BCUT2D eigenvalue weighted by molar-refractivity contribution is 0.0950. The topological polar surface area (TPSA) is 81.7 Å². The highest BCUT2D eigenvalue weighted by Crippen LogP contribution is 2.27. The van der Waals surface area contributed by atoms with Crippen molar-refractivity contribution in [1.29, 1.82) is 0 Å². The Hall–Kier alpha value is -3.74. The largest absolute Gasteiger partial charge is 0.497 e. The SMILES string of the molecule is COc1cccc(Nc2ccc(C(=O)NCc3ccc(OC)c(OC)c3)cn2)c1. The molecule has 0 unspecified atom stereocenters. The maximum Gasteiger partial charge on any atom is 0.253 e. The highest BCUT2D eigenvalue weighted by atomic mass is 16.5. The molecule has 0 saturated carbocycles. The van der Waals surface area contributed by atoms with Crippen LogP contribution in [-0.2, 0) is 6.54 Å². The number of hydrogen-bond acceptors (Lipinski definition) is 6. The van der Waals surface area contributed by atoms with Gasteiger partial charge in [0.25, 0.3) is 5.91 Å². The predicted octanol–water partition coefficient (Wildman–Crippen LogP) is 3.78. The first-order valence-electron chi connectivity index (χ1n) is 8.99. The highest BCUT2D eigenvalue weighted by Gasteiger charge is 2.09. The van der Waals surface area contributed by atoms with Crippen molar-refractivity contribution in [2.45, 2.75) is 6.54 Å². The highest BCUT2D eigenvalue weighted by molar-refractivity contribution is 5.94. The van der Waals surface area contributed by atoms with Gasteiger partial charge < -0.3 is 24.8 Å². The van der Waals surface area contributed by atoms with Gasteiger partial charge in [0.2, 0.25) is 0 Å². The number of ether oxygens (including phenoxy) is 3. The summed E-state index contributed by atoms with van der Waals surface area (Å²) in [4.78, 5) is 16.7. The number of nitrogens with zero attached hydrogens (tertiary/aromatic N) is 1. The normalized spacial score (nSPS) is 10.2. The number of carbonyl (C=O) groups excluding carboxylic acids is 1. The Kier molecular flexibility index (Phi) is 6.52. The Morgan fingerprint density at radius 3 is 2.45 bits per heavy atom. The van der Waals surface area contributed by atoms with Crippen molar-refractivity contribution in [2.75, 3.05) is 26.6 Å². The summed E-state index contributed by atoms with van der Waals surface area (Å²) in [5.41, 5.74) is 2.23. The molecule has 150 valence electrons. The Morgan fingerprint density at radius 2 is 1.76 bits per heavy atom. The van der Waals surface area contributed by atoms with E-state index in [0.717, 1.165) is 17.0 Å². The fourth-order valence-corrected chi connectivity index (χ4v) is 2.73. The van der Waals surface area contributed by atoms with Crippen LogP contribution >= 0.6 is 0 Å². The van der Waals surface area contributed by atoms with E-state index in [1.807, 2.05) is 36.4 Å². The molecule has 1 aromatic heterocycles. The zero-order chi connectivity index (χ0) is 20.6. The number of carbonyl (C=O) groups is 1. The third-order valence-corrected chi connectivity index (χ3v) is 4.27. The molecule has 0 bridgehead atoms. The molecule has 0 radical (unpaired) electrons. The quantitative estimate of drug-likeness (QED) is 0.606. The van der Waals surface area contributed by atoms with Crippen LogP contribution in [0.5, 0.6) is 17.2 Å². The summed E-state index contributed by atoms with van der Waals surface area (Å²) in [7, 11) is 4.78. The number of methoxy groups -OCH3 is 3. The minimum atomic E-state index is -0.208. The summed E-state index contributed by atoms with van der Waals surface area (Å²) < 4.78 is 15.7. The van der Waals surface area contributed by atoms with E-state index >= 15 is 0 Å². The second-order valence-corrected chi connectivity index (χ2v) is 6.16. The Balaban J connectivity index is 1.60. The van der Waals surface area contributed by atoms with Gasteiger partial charge in [-0.05, 0) is 42.0 Å². The second-order valence-electron chi connectivity index (χ2n) is 6.16. The van der Waals surface area contributed by atoms with Crippen LogP contribution in [0.4, 0.5) is 11.5 Å². The summed E-state index contributed by atoms with van der Waals surface area (Å²) in [6.07, 6.45) is 1.53. The van der Waals surface area contributed by atoms with Crippen molar-refractivity contribution in [2.24, 2.45) is 0 Å². The van der Waals surface area contributed by atoms with Gasteiger partial charge in [0, 0.05) is 24.5 Å². The van der Waals surface area contributed by atoms with E-state index in [0.29, 0.717) is 29.4 Å². The molecule has 7 nitrogen and oxygen atoms in total. The average Bonchev–Trinajstić information content (AvgIpc) is 2.77. The van der Waals surface area contributed by atoms with Gasteiger partial charge >= 0.3 is 0 Å². The van der Waals surface area contributed by atoms with Crippen LogP contribution in [0.2, 0.25) is 0 Å². The summed E-state index contributed by atoms with van der Waals surface area (Å²) in [6.45, 7) is 0.364. The lowest BCUT2D eigenvalue weighted by Crippen LogP contribution is -2.23. The number of pyridine rings is 1. The van der Waals surface area contributed by atoms with Crippen LogP contribution < -0.4 is 24.8 Å². The molecular formula is C22H23N3O4. The van der Waals surface area contributed by atoms with Crippen molar-refractivity contribution < 1.29 is 19.0 Å². The van der Waals surface area contributed by atoms with E-state index in [1.54, 1.807) is 39.5 Å². The Morgan fingerprint density at radius 1 is 0.931 bits per heavy atom. The van der Waals surface area contributed by atoms with Crippen LogP contribution in [0.1, 0.15) is 15.9 Å². The van der Waals surface area contributed by atoms with Crippen LogP contribution in [-0.4, -0.2) is 32.2 Å². The number of nitrogens with one attached hydrogen (secondary N) is 2. The van der Waals surface area contributed by atoms with E-state index in [1.165, 1.54) is 6.20 Å². The van der Waals surface area contributed by atoms with Gasteiger partial charge in [-0.25, -0.2) is 4.98 Å². The molecule has 2 N–H and O–H groups in total. The van der Waals surface area contributed by atoms with Gasteiger partial charge in [0.15, 0.2) is 11.5 Å². The second kappa shape index (κ2) is 9.45. The molecule has 0 aliphatic carbocycles. The maximum atomic E-state index is 12.4. The van der Waals surface area contributed by atoms with Crippen LogP contribution in [0, 0.1) is 0 Å². The molecule has 0 aliphatic rings. The summed E-state index contributed by atoms with van der Waals surface area (Å²) in [6, 6.07) is 16.5. The monoisotopic (exact) mass is 393 g/mol. The number of hydrogen-bond donors (Lipinski definition) is 2. The molecule has 0 spiro atoms. The third-order valence-electron chi connectivity index (χ3n) is 4.27. The van der Waals surface area contributed by atoms with Gasteiger partial charge in [-0.3, -0.25) is 4.79 Å². The van der Waals surface area contributed by atoms with E-state index in [-0.39, 0.29) is 5.91 Å². The van der Waals surface area contributed by atoms with Gasteiger partial charge in [-0.1, -0.05) is 12.1 Å². The zero-order valence-corrected chi connectivity index (χ0v) is 16.6. The molecule has 0 atom stereocenters. The fourth-order valence-electron chi connectivity index (χ4n) is 2.73. The van der Waals surface area contributed by atoms with Crippen molar-refractivity contribution in [3.05, 3.63) is 71.9 Å². The molecule has 1 heterocycles. The van der Waals surface area contributed by atoms with Crippen molar-refractivity contribution >= 4 is 17.4 Å². The molecule has 0 aliphatic heterocycles. The number of anilines is 2. The number of aromatic nitrogens is 1. The lowest BCUT2D eigenvalue weighted by Gasteiger charge is -2.11. The Bertz CT molecular complexity index is 974. The molecular weight excluding hydrogens is 370 g/mol. The minimum absolute atomic E-state index is 0.208. The van der Waals surface area contributed by atoms with Crippen LogP contribution in [0.3, 0.4) is 0 Å². The van der Waals surface area contributed by atoms with E-state index in [4.69, 9.17) is 14.2 Å². The smallest absolute Gasteiger partial charge is 0.253 e. The fraction of sp³-hybridized carbons (Fsp3) is 0.182. The number of amides is 1.